The van der Waals surface area contributed by atoms with E-state index in [-0.39, 0.29) is 6.42 Å². The van der Waals surface area contributed by atoms with Gasteiger partial charge in [0.15, 0.2) is 0 Å². The molecule has 0 atom stereocenters. The number of carboxylic acids is 1. The second-order valence-corrected chi connectivity index (χ2v) is 5.73. The molecule has 0 amide bonds. The highest BCUT2D eigenvalue weighted by atomic mass is 16.4. The summed E-state index contributed by atoms with van der Waals surface area (Å²) in [5.74, 6) is -0.767. The minimum atomic E-state index is -0.767. The van der Waals surface area contributed by atoms with Crippen molar-refractivity contribution in [2.24, 2.45) is 0 Å². The topological polar surface area (TPSA) is 37.3 Å². The molecule has 0 rings (SSSR count). The fourth-order valence-corrected chi connectivity index (χ4v) is 2.09. The standard InChI is InChI=1S/C22H34O2/c1-2-3-4-5-6-7-8-9-10-11-12-13-14-15-16-17-18-19-20-21-22(23)24/h3-4,6-7,12-15,19-20H,2,5,8-11,16-18,21H2,1H3,(H,23,24)/b4-3+,7-6+,13-12+,15-14+,20-19+. The van der Waals surface area contributed by atoms with E-state index in [0.29, 0.717) is 0 Å². The van der Waals surface area contributed by atoms with E-state index in [1.807, 2.05) is 6.08 Å². The third-order valence-electron chi connectivity index (χ3n) is 3.42. The predicted octanol–water partition coefficient (Wildman–Crippen LogP) is 6.77. The van der Waals surface area contributed by atoms with Gasteiger partial charge in [-0.25, -0.2) is 0 Å². The number of hydrogen-bond donors (Lipinski definition) is 1. The fourth-order valence-electron chi connectivity index (χ4n) is 2.09. The predicted molar refractivity (Wildman–Crippen MR) is 105 cm³/mol. The van der Waals surface area contributed by atoms with E-state index in [0.717, 1.165) is 38.5 Å². The summed E-state index contributed by atoms with van der Waals surface area (Å²) >= 11 is 0. The molecule has 0 aliphatic heterocycles. The SMILES string of the molecule is CC/C=C/C/C=C/CCCC/C=C/C=C/CCC/C=C/CC(=O)O. The van der Waals surface area contributed by atoms with Crippen LogP contribution >= 0.6 is 0 Å². The maximum absolute atomic E-state index is 10.3. The Labute approximate surface area is 148 Å². The lowest BCUT2D eigenvalue weighted by Crippen LogP contribution is -1.89. The zero-order valence-electron chi connectivity index (χ0n) is 15.2. The van der Waals surface area contributed by atoms with E-state index in [2.05, 4.69) is 55.5 Å². The van der Waals surface area contributed by atoms with Crippen LogP contribution in [0, 0.1) is 0 Å². The third-order valence-corrected chi connectivity index (χ3v) is 3.42. The second-order valence-electron chi connectivity index (χ2n) is 5.73. The van der Waals surface area contributed by atoms with Gasteiger partial charge in [-0.2, -0.15) is 0 Å². The molecular weight excluding hydrogens is 296 g/mol. The lowest BCUT2D eigenvalue weighted by atomic mass is 10.1. The molecule has 0 saturated carbocycles. The van der Waals surface area contributed by atoms with Gasteiger partial charge < -0.3 is 5.11 Å². The molecule has 0 saturated heterocycles. The number of hydrogen-bond acceptors (Lipinski definition) is 1. The first kappa shape index (κ1) is 22.2. The molecule has 0 spiro atoms. The van der Waals surface area contributed by atoms with E-state index in [4.69, 9.17) is 5.11 Å². The Morgan fingerprint density at radius 2 is 1.25 bits per heavy atom. The highest BCUT2D eigenvalue weighted by Gasteiger charge is 1.88. The van der Waals surface area contributed by atoms with E-state index >= 15 is 0 Å². The van der Waals surface area contributed by atoms with Gasteiger partial charge in [0.1, 0.15) is 0 Å². The van der Waals surface area contributed by atoms with Gasteiger partial charge in [0.25, 0.3) is 0 Å². The molecule has 24 heavy (non-hydrogen) atoms. The molecule has 0 aliphatic carbocycles. The Kier molecular flexibility index (Phi) is 17.8. The van der Waals surface area contributed by atoms with Crippen molar-refractivity contribution in [3.63, 3.8) is 0 Å². The summed E-state index contributed by atoms with van der Waals surface area (Å²) in [5.41, 5.74) is 0. The number of unbranched alkanes of at least 4 members (excludes halogenated alkanes) is 5. The first-order valence-electron chi connectivity index (χ1n) is 9.25. The molecule has 0 aromatic rings. The molecule has 0 aromatic heterocycles. The first-order valence-corrected chi connectivity index (χ1v) is 9.25. The average molecular weight is 331 g/mol. The van der Waals surface area contributed by atoms with Crippen molar-refractivity contribution in [1.82, 2.24) is 0 Å². The van der Waals surface area contributed by atoms with E-state index in [1.54, 1.807) is 6.08 Å². The molecule has 0 unspecified atom stereocenters. The van der Waals surface area contributed by atoms with Gasteiger partial charge in [-0.15, -0.1) is 0 Å². The molecule has 2 heteroatoms. The molecule has 0 bridgehead atoms. The van der Waals surface area contributed by atoms with Crippen LogP contribution in [0.3, 0.4) is 0 Å². The number of rotatable bonds is 15. The van der Waals surface area contributed by atoms with Crippen LogP contribution in [0.15, 0.2) is 60.8 Å². The maximum Gasteiger partial charge on any atom is 0.307 e. The Balaban J connectivity index is 3.38. The van der Waals surface area contributed by atoms with Crippen LogP contribution in [0.2, 0.25) is 0 Å². The zero-order valence-corrected chi connectivity index (χ0v) is 15.2. The van der Waals surface area contributed by atoms with Crippen molar-refractivity contribution in [3.05, 3.63) is 60.8 Å². The van der Waals surface area contributed by atoms with Gasteiger partial charge in [0.05, 0.1) is 6.42 Å². The Hall–Kier alpha value is -1.83. The monoisotopic (exact) mass is 330 g/mol. The van der Waals surface area contributed by atoms with E-state index < -0.39 is 5.97 Å². The van der Waals surface area contributed by atoms with Gasteiger partial charge in [-0.05, 0) is 57.8 Å². The van der Waals surface area contributed by atoms with Crippen molar-refractivity contribution in [1.29, 1.82) is 0 Å². The third kappa shape index (κ3) is 20.2. The summed E-state index contributed by atoms with van der Waals surface area (Å²) in [4.78, 5) is 10.3. The number of carbonyl (C=O) groups is 1. The van der Waals surface area contributed by atoms with Crippen LogP contribution in [0.25, 0.3) is 0 Å². The van der Waals surface area contributed by atoms with E-state index in [1.165, 1.54) is 19.3 Å². The quantitative estimate of drug-likeness (QED) is 0.204. The van der Waals surface area contributed by atoms with Crippen LogP contribution < -0.4 is 0 Å². The van der Waals surface area contributed by atoms with Crippen molar-refractivity contribution in [2.45, 2.75) is 71.1 Å². The molecule has 0 aliphatic rings. The summed E-state index contributed by atoms with van der Waals surface area (Å²) in [5, 5.41) is 8.48. The minimum absolute atomic E-state index is 0.129. The van der Waals surface area contributed by atoms with Gasteiger partial charge in [-0.3, -0.25) is 4.79 Å². The molecule has 1 N–H and O–H groups in total. The number of allylic oxidation sites excluding steroid dienone is 9. The van der Waals surface area contributed by atoms with Gasteiger partial charge in [0.2, 0.25) is 0 Å². The lowest BCUT2D eigenvalue weighted by Gasteiger charge is -1.92. The van der Waals surface area contributed by atoms with Gasteiger partial charge >= 0.3 is 5.97 Å². The average Bonchev–Trinajstić information content (AvgIpc) is 2.56. The summed E-state index contributed by atoms with van der Waals surface area (Å²) in [6.07, 6.45) is 31.5. The van der Waals surface area contributed by atoms with Crippen LogP contribution in [0.4, 0.5) is 0 Å². The summed E-state index contributed by atoms with van der Waals surface area (Å²) in [7, 11) is 0. The second kappa shape index (κ2) is 19.2. The van der Waals surface area contributed by atoms with Crippen LogP contribution in [0.5, 0.6) is 0 Å². The highest BCUT2D eigenvalue weighted by Crippen LogP contribution is 2.03. The number of aliphatic carboxylic acids is 1. The van der Waals surface area contributed by atoms with E-state index in [9.17, 15) is 4.79 Å². The normalized spacial score (nSPS) is 12.7. The number of carboxylic acid groups (broad SMARTS) is 1. The maximum atomic E-state index is 10.3. The zero-order chi connectivity index (χ0) is 17.7. The largest absolute Gasteiger partial charge is 0.481 e. The Morgan fingerprint density at radius 3 is 1.92 bits per heavy atom. The molecule has 2 nitrogen and oxygen atoms in total. The van der Waals surface area contributed by atoms with Crippen molar-refractivity contribution in [2.75, 3.05) is 0 Å². The lowest BCUT2D eigenvalue weighted by molar-refractivity contribution is -0.136. The van der Waals surface area contributed by atoms with Crippen molar-refractivity contribution < 1.29 is 9.90 Å². The molecule has 0 aromatic carbocycles. The molecular formula is C22H34O2. The summed E-state index contributed by atoms with van der Waals surface area (Å²) in [6.45, 7) is 2.16. The van der Waals surface area contributed by atoms with Crippen LogP contribution in [0.1, 0.15) is 71.1 Å². The molecule has 0 fully saturated rings. The first-order chi connectivity index (χ1) is 11.8. The molecule has 134 valence electrons. The van der Waals surface area contributed by atoms with Gasteiger partial charge in [-0.1, -0.05) is 67.7 Å². The highest BCUT2D eigenvalue weighted by molar-refractivity contribution is 5.68. The summed E-state index contributed by atoms with van der Waals surface area (Å²) in [6, 6.07) is 0. The molecule has 0 heterocycles. The van der Waals surface area contributed by atoms with Crippen molar-refractivity contribution in [3.8, 4) is 0 Å². The summed E-state index contributed by atoms with van der Waals surface area (Å²) < 4.78 is 0. The Morgan fingerprint density at radius 1 is 0.708 bits per heavy atom. The Bertz CT molecular complexity index is 425. The minimum Gasteiger partial charge on any atom is -0.481 e. The van der Waals surface area contributed by atoms with Gasteiger partial charge in [0, 0.05) is 0 Å². The van der Waals surface area contributed by atoms with Crippen LogP contribution in [-0.2, 0) is 4.79 Å². The van der Waals surface area contributed by atoms with Crippen molar-refractivity contribution >= 4 is 5.97 Å². The molecule has 0 radical (unpaired) electrons. The van der Waals surface area contributed by atoms with Crippen LogP contribution in [-0.4, -0.2) is 11.1 Å². The smallest absolute Gasteiger partial charge is 0.307 e. The fraction of sp³-hybridized carbons (Fsp3) is 0.500.